The van der Waals surface area contributed by atoms with Gasteiger partial charge in [-0.1, -0.05) is 35.3 Å². The van der Waals surface area contributed by atoms with Gasteiger partial charge in [-0.2, -0.15) is 0 Å². The highest BCUT2D eigenvalue weighted by Gasteiger charge is 2.43. The molecule has 1 atom stereocenters. The fourth-order valence-electron chi connectivity index (χ4n) is 4.12. The fraction of sp³-hybridized carbons (Fsp3) is 0.120. The van der Waals surface area contributed by atoms with Gasteiger partial charge in [-0.3, -0.25) is 14.5 Å². The Kier molecular flexibility index (Phi) is 5.27. The zero-order chi connectivity index (χ0) is 23.3. The summed E-state index contributed by atoms with van der Waals surface area (Å²) in [5.41, 5.74) is 1.43. The Bertz CT molecular complexity index is 1460. The van der Waals surface area contributed by atoms with Crippen molar-refractivity contribution in [1.29, 1.82) is 0 Å². The second kappa shape index (κ2) is 8.14. The first kappa shape index (κ1) is 21.4. The van der Waals surface area contributed by atoms with Gasteiger partial charge in [0, 0.05) is 10.7 Å². The van der Waals surface area contributed by atoms with Crippen LogP contribution in [0.1, 0.15) is 27.7 Å². The summed E-state index contributed by atoms with van der Waals surface area (Å²) in [6.45, 7) is 0. The minimum absolute atomic E-state index is 0.0115. The lowest BCUT2D eigenvalue weighted by Crippen LogP contribution is -2.29. The Hall–Kier alpha value is -3.48. The van der Waals surface area contributed by atoms with Crippen LogP contribution in [0, 0.1) is 0 Å². The first-order chi connectivity index (χ1) is 15.9. The highest BCUT2D eigenvalue weighted by atomic mass is 35.5. The molecular weight excluding hydrogens is 465 g/mol. The molecule has 0 saturated carbocycles. The molecule has 0 radical (unpaired) electrons. The predicted molar refractivity (Wildman–Crippen MR) is 127 cm³/mol. The Balaban J connectivity index is 1.78. The zero-order valence-electron chi connectivity index (χ0n) is 17.6. The van der Waals surface area contributed by atoms with E-state index in [2.05, 4.69) is 0 Å². The third-order valence-electron chi connectivity index (χ3n) is 5.68. The van der Waals surface area contributed by atoms with Crippen LogP contribution < -0.4 is 19.8 Å². The predicted octanol–water partition coefficient (Wildman–Crippen LogP) is 5.87. The molecule has 5 rings (SSSR count). The summed E-state index contributed by atoms with van der Waals surface area (Å²) >= 11 is 12.5. The van der Waals surface area contributed by atoms with E-state index in [1.807, 2.05) is 12.1 Å². The van der Waals surface area contributed by atoms with Gasteiger partial charge >= 0.3 is 0 Å². The van der Waals surface area contributed by atoms with E-state index in [0.717, 1.165) is 0 Å². The molecule has 166 valence electrons. The number of hydrogen-bond acceptors (Lipinski definition) is 5. The lowest BCUT2D eigenvalue weighted by molar-refractivity contribution is 0.0971. The van der Waals surface area contributed by atoms with Gasteiger partial charge in [-0.15, -0.1) is 0 Å². The van der Waals surface area contributed by atoms with Gasteiger partial charge in [-0.05, 0) is 54.1 Å². The topological polar surface area (TPSA) is 69.0 Å². The molecule has 1 aliphatic heterocycles. The number of carbonyl (C=O) groups excluding carboxylic acids is 1. The number of fused-ring (bicyclic) bond motifs is 2. The molecule has 33 heavy (non-hydrogen) atoms. The van der Waals surface area contributed by atoms with Crippen LogP contribution in [-0.2, 0) is 0 Å². The molecule has 3 aromatic carbocycles. The van der Waals surface area contributed by atoms with Crippen molar-refractivity contribution < 1.29 is 18.7 Å². The molecule has 0 saturated heterocycles. The summed E-state index contributed by atoms with van der Waals surface area (Å²) < 4.78 is 16.4. The molecular formula is C25H17Cl2NO5. The van der Waals surface area contributed by atoms with Gasteiger partial charge in [0.05, 0.1) is 36.2 Å². The maximum absolute atomic E-state index is 13.6. The molecule has 6 nitrogen and oxygen atoms in total. The molecule has 0 bridgehead atoms. The fourth-order valence-corrected chi connectivity index (χ4v) is 4.54. The van der Waals surface area contributed by atoms with E-state index in [9.17, 15) is 9.59 Å². The van der Waals surface area contributed by atoms with Gasteiger partial charge in [0.15, 0.2) is 5.43 Å². The lowest BCUT2D eigenvalue weighted by atomic mass is 9.98. The normalized spacial score (nSPS) is 15.1. The minimum Gasteiger partial charge on any atom is -0.497 e. The maximum atomic E-state index is 13.6. The maximum Gasteiger partial charge on any atom is 0.295 e. The van der Waals surface area contributed by atoms with Crippen LogP contribution in [0.4, 0.5) is 5.69 Å². The van der Waals surface area contributed by atoms with E-state index < -0.39 is 11.9 Å². The van der Waals surface area contributed by atoms with Crippen LogP contribution in [0.25, 0.3) is 11.0 Å². The number of carbonyl (C=O) groups is 1. The Morgan fingerprint density at radius 3 is 2.33 bits per heavy atom. The van der Waals surface area contributed by atoms with E-state index in [-0.39, 0.29) is 16.8 Å². The third kappa shape index (κ3) is 3.43. The van der Waals surface area contributed by atoms with E-state index in [0.29, 0.717) is 43.8 Å². The molecule has 0 N–H and O–H groups in total. The molecule has 8 heteroatoms. The Labute approximate surface area is 198 Å². The lowest BCUT2D eigenvalue weighted by Gasteiger charge is -2.25. The van der Waals surface area contributed by atoms with Crippen LogP contribution in [-0.4, -0.2) is 20.1 Å². The van der Waals surface area contributed by atoms with Crippen molar-refractivity contribution in [3.8, 4) is 11.5 Å². The Morgan fingerprint density at radius 1 is 0.909 bits per heavy atom. The standard InChI is InChI=1S/C25H17Cl2NO5/c1-31-16-7-3-13(4-8-16)22-21-23(29)17-11-14(26)5-9-19(17)33-24(21)25(30)28(22)15-6-10-20(32-2)18(27)12-15/h3-12,22H,1-2H3. The smallest absolute Gasteiger partial charge is 0.295 e. The van der Waals surface area contributed by atoms with Crippen molar-refractivity contribution in [2.24, 2.45) is 0 Å². The van der Waals surface area contributed by atoms with Gasteiger partial charge in [0.1, 0.15) is 17.1 Å². The van der Waals surface area contributed by atoms with Crippen molar-refractivity contribution in [3.05, 3.63) is 97.8 Å². The number of rotatable bonds is 4. The number of amides is 1. The summed E-state index contributed by atoms with van der Waals surface area (Å²) in [5.74, 6) is 0.670. The van der Waals surface area contributed by atoms with Gasteiger partial charge in [0.2, 0.25) is 5.76 Å². The highest BCUT2D eigenvalue weighted by molar-refractivity contribution is 6.32. The monoisotopic (exact) mass is 481 g/mol. The highest BCUT2D eigenvalue weighted by Crippen LogP contribution is 2.43. The van der Waals surface area contributed by atoms with Crippen molar-refractivity contribution in [3.63, 3.8) is 0 Å². The molecule has 0 aliphatic carbocycles. The summed E-state index contributed by atoms with van der Waals surface area (Å²) in [6, 6.07) is 16.2. The van der Waals surface area contributed by atoms with Crippen molar-refractivity contribution >= 4 is 45.8 Å². The summed E-state index contributed by atoms with van der Waals surface area (Å²) in [5, 5.41) is 1.05. The quantitative estimate of drug-likeness (QED) is 0.364. The van der Waals surface area contributed by atoms with Crippen LogP contribution in [0.15, 0.2) is 69.9 Å². The van der Waals surface area contributed by atoms with Crippen molar-refractivity contribution in [1.82, 2.24) is 0 Å². The van der Waals surface area contributed by atoms with Crippen LogP contribution in [0.3, 0.4) is 0 Å². The van der Waals surface area contributed by atoms with Gasteiger partial charge in [0.25, 0.3) is 5.91 Å². The average Bonchev–Trinajstić information content (AvgIpc) is 3.12. The zero-order valence-corrected chi connectivity index (χ0v) is 19.1. The second-order valence-corrected chi connectivity index (χ2v) is 8.33. The second-order valence-electron chi connectivity index (χ2n) is 7.48. The first-order valence-electron chi connectivity index (χ1n) is 10.00. The molecule has 0 fully saturated rings. The van der Waals surface area contributed by atoms with Gasteiger partial charge < -0.3 is 13.9 Å². The number of methoxy groups -OCH3 is 2. The van der Waals surface area contributed by atoms with Crippen LogP contribution >= 0.6 is 23.2 Å². The molecule has 1 aliphatic rings. The van der Waals surface area contributed by atoms with E-state index in [1.165, 1.54) is 12.0 Å². The summed E-state index contributed by atoms with van der Waals surface area (Å²) in [6.07, 6.45) is 0. The Morgan fingerprint density at radius 2 is 1.67 bits per heavy atom. The molecule has 1 unspecified atom stereocenters. The van der Waals surface area contributed by atoms with Crippen LogP contribution in [0.5, 0.6) is 11.5 Å². The molecule has 0 spiro atoms. The molecule has 1 aromatic heterocycles. The summed E-state index contributed by atoms with van der Waals surface area (Å²) in [7, 11) is 3.08. The number of nitrogens with zero attached hydrogens (tertiary/aromatic N) is 1. The summed E-state index contributed by atoms with van der Waals surface area (Å²) in [4.78, 5) is 28.7. The number of benzene rings is 3. The largest absolute Gasteiger partial charge is 0.497 e. The minimum atomic E-state index is -0.734. The van der Waals surface area contributed by atoms with E-state index in [4.69, 9.17) is 37.1 Å². The third-order valence-corrected chi connectivity index (χ3v) is 6.21. The molecule has 1 amide bonds. The average molecular weight is 482 g/mol. The van der Waals surface area contributed by atoms with E-state index >= 15 is 0 Å². The number of hydrogen-bond donors (Lipinski definition) is 0. The number of anilines is 1. The van der Waals surface area contributed by atoms with E-state index in [1.54, 1.807) is 55.6 Å². The number of halogens is 2. The first-order valence-corrected chi connectivity index (χ1v) is 10.8. The molecule has 2 heterocycles. The number of ether oxygens (including phenoxy) is 2. The molecule has 4 aromatic rings. The van der Waals surface area contributed by atoms with Crippen molar-refractivity contribution in [2.45, 2.75) is 6.04 Å². The van der Waals surface area contributed by atoms with Crippen LogP contribution in [0.2, 0.25) is 10.0 Å². The SMILES string of the molecule is COc1ccc(C2c3c(oc4ccc(Cl)cc4c3=O)C(=O)N2c2ccc(OC)c(Cl)c2)cc1. The van der Waals surface area contributed by atoms with Gasteiger partial charge in [-0.25, -0.2) is 0 Å². The van der Waals surface area contributed by atoms with Crippen molar-refractivity contribution in [2.75, 3.05) is 19.1 Å².